The zero-order valence-electron chi connectivity index (χ0n) is 4.46. The molecule has 1 heterocycles. The normalized spacial score (nSPS) is 21.6. The highest BCUT2D eigenvalue weighted by molar-refractivity contribution is 7.14. The molecule has 1 atom stereocenters. The van der Waals surface area contributed by atoms with Crippen molar-refractivity contribution in [2.45, 2.75) is 0 Å². The number of nitrogens with zero attached hydrogens (tertiary/aromatic N) is 1. The number of carbonyl (C=O) groups is 1. The molecule has 0 N–H and O–H groups in total. The minimum absolute atomic E-state index is 0.0428. The summed E-state index contributed by atoms with van der Waals surface area (Å²) in [5.41, 5.74) is 0. The minimum atomic E-state index is 0.0428. The number of hydrogen-bond acceptors (Lipinski definition) is 2. The molecule has 1 unspecified atom stereocenters. The molecule has 1 aliphatic rings. The van der Waals surface area contributed by atoms with Crippen LogP contribution >= 0.6 is 9.39 Å². The molecule has 8 heavy (non-hydrogen) atoms. The highest BCUT2D eigenvalue weighted by atomic mass is 31.0. The smallest absolute Gasteiger partial charge is 0.251 e. The molecule has 0 radical (unpaired) electrons. The van der Waals surface area contributed by atoms with Gasteiger partial charge < -0.3 is 9.41 Å². The summed E-state index contributed by atoms with van der Waals surface area (Å²) in [5, 5.41) is 0. The van der Waals surface area contributed by atoms with Gasteiger partial charge in [-0.2, -0.15) is 0 Å². The molecule has 1 rings (SSSR count). The average molecular weight is 133 g/mol. The number of carbonyl (C=O) groups excluding carboxylic acids is 1. The predicted molar refractivity (Wildman–Crippen MR) is 32.2 cm³/mol. The lowest BCUT2D eigenvalue weighted by Gasteiger charge is -2.21. The summed E-state index contributed by atoms with van der Waals surface area (Å²) in [6.07, 6.45) is 0. The third kappa shape index (κ3) is 1.17. The van der Waals surface area contributed by atoms with Crippen molar-refractivity contribution in [2.24, 2.45) is 0 Å². The van der Waals surface area contributed by atoms with Crippen LogP contribution in [0.3, 0.4) is 0 Å². The summed E-state index contributed by atoms with van der Waals surface area (Å²) >= 11 is 0. The van der Waals surface area contributed by atoms with Crippen molar-refractivity contribution in [3.8, 4) is 0 Å². The van der Waals surface area contributed by atoms with Gasteiger partial charge in [0.1, 0.15) is 6.61 Å². The van der Waals surface area contributed by atoms with Crippen LogP contribution in [-0.4, -0.2) is 30.3 Å². The molecule has 1 aliphatic heterocycles. The van der Waals surface area contributed by atoms with Crippen LogP contribution in [0.4, 0.5) is 0 Å². The van der Waals surface area contributed by atoms with Crippen molar-refractivity contribution < 1.29 is 9.53 Å². The van der Waals surface area contributed by atoms with Crippen molar-refractivity contribution in [1.82, 2.24) is 4.67 Å². The molecule has 0 saturated carbocycles. The van der Waals surface area contributed by atoms with Crippen molar-refractivity contribution in [3.05, 3.63) is 0 Å². The van der Waals surface area contributed by atoms with Gasteiger partial charge in [0.25, 0.3) is 5.91 Å². The number of rotatable bonds is 0. The van der Waals surface area contributed by atoms with Gasteiger partial charge in [0.05, 0.1) is 6.61 Å². The molecule has 46 valence electrons. The van der Waals surface area contributed by atoms with Crippen LogP contribution in [-0.2, 0) is 9.53 Å². The second kappa shape index (κ2) is 2.42. The Bertz CT molecular complexity index is 106. The molecule has 0 aromatic rings. The Morgan fingerprint density at radius 1 is 1.75 bits per heavy atom. The van der Waals surface area contributed by atoms with Crippen molar-refractivity contribution >= 4 is 15.3 Å². The van der Waals surface area contributed by atoms with Crippen LogP contribution in [0.25, 0.3) is 0 Å². The summed E-state index contributed by atoms with van der Waals surface area (Å²) in [6.45, 7) is 1.60. The van der Waals surface area contributed by atoms with Gasteiger partial charge in [-0.1, -0.05) is 0 Å². The van der Waals surface area contributed by atoms with E-state index in [0.29, 0.717) is 13.2 Å². The van der Waals surface area contributed by atoms with Crippen molar-refractivity contribution in [3.63, 3.8) is 0 Å². The molecule has 1 fully saturated rings. The summed E-state index contributed by atoms with van der Waals surface area (Å²) in [4.78, 5) is 10.6. The largest absolute Gasteiger partial charge is 0.370 e. The number of hydrogen-bond donors (Lipinski definition) is 0. The molecule has 3 nitrogen and oxygen atoms in total. The topological polar surface area (TPSA) is 29.5 Å². The maximum Gasteiger partial charge on any atom is 0.251 e. The molecule has 0 aliphatic carbocycles. The standard InChI is InChI=1S/C4H8NO2P/c6-4-3-7-2-1-5(4)8/h1-3,8H2. The lowest BCUT2D eigenvalue weighted by atomic mass is 10.5. The quantitative estimate of drug-likeness (QED) is 0.422. The van der Waals surface area contributed by atoms with E-state index in [1.165, 1.54) is 0 Å². The fourth-order valence-electron chi connectivity index (χ4n) is 0.530. The van der Waals surface area contributed by atoms with Crippen molar-refractivity contribution in [1.29, 1.82) is 0 Å². The van der Waals surface area contributed by atoms with Gasteiger partial charge in [-0.15, -0.1) is 0 Å². The van der Waals surface area contributed by atoms with Crippen LogP contribution in [0.2, 0.25) is 0 Å². The Balaban J connectivity index is 2.39. The number of amides is 1. The minimum Gasteiger partial charge on any atom is -0.370 e. The van der Waals surface area contributed by atoms with E-state index in [-0.39, 0.29) is 12.5 Å². The van der Waals surface area contributed by atoms with E-state index >= 15 is 0 Å². The third-order valence-corrected chi connectivity index (χ3v) is 1.57. The number of ether oxygens (including phenoxy) is 1. The van der Waals surface area contributed by atoms with Gasteiger partial charge in [-0.25, -0.2) is 0 Å². The molecule has 0 bridgehead atoms. The van der Waals surface area contributed by atoms with E-state index in [9.17, 15) is 4.79 Å². The lowest BCUT2D eigenvalue weighted by Crippen LogP contribution is -2.34. The van der Waals surface area contributed by atoms with Crippen LogP contribution in [0.15, 0.2) is 0 Å². The van der Waals surface area contributed by atoms with E-state index < -0.39 is 0 Å². The summed E-state index contributed by atoms with van der Waals surface area (Å²) in [6, 6.07) is 0. The molecule has 1 saturated heterocycles. The predicted octanol–water partition coefficient (Wildman–Crippen LogP) is -0.365. The van der Waals surface area contributed by atoms with Crippen LogP contribution < -0.4 is 0 Å². The molecule has 0 aromatic carbocycles. The van der Waals surface area contributed by atoms with Gasteiger partial charge in [0.15, 0.2) is 0 Å². The average Bonchev–Trinajstić information content (AvgIpc) is 1.77. The first-order chi connectivity index (χ1) is 3.80. The first-order valence-corrected chi connectivity index (χ1v) is 2.95. The van der Waals surface area contributed by atoms with Crippen molar-refractivity contribution in [2.75, 3.05) is 19.8 Å². The SMILES string of the molecule is O=C1COCCN1P. The fourth-order valence-corrected chi connectivity index (χ4v) is 0.710. The summed E-state index contributed by atoms with van der Waals surface area (Å²) < 4.78 is 6.43. The molecular weight excluding hydrogens is 125 g/mol. The Morgan fingerprint density at radius 3 is 2.88 bits per heavy atom. The van der Waals surface area contributed by atoms with Crippen LogP contribution in [0.1, 0.15) is 0 Å². The van der Waals surface area contributed by atoms with Gasteiger partial charge in [0, 0.05) is 6.54 Å². The summed E-state index contributed by atoms with van der Waals surface area (Å²) in [5.74, 6) is 0.0428. The van der Waals surface area contributed by atoms with E-state index in [2.05, 4.69) is 9.39 Å². The molecule has 1 amide bonds. The van der Waals surface area contributed by atoms with Gasteiger partial charge in [-0.05, 0) is 9.39 Å². The Morgan fingerprint density at radius 2 is 2.50 bits per heavy atom. The highest BCUT2D eigenvalue weighted by Crippen LogP contribution is 2.03. The van der Waals surface area contributed by atoms with E-state index in [0.717, 1.165) is 0 Å². The summed E-state index contributed by atoms with van der Waals surface area (Å²) in [7, 11) is 2.35. The molecule has 0 spiro atoms. The highest BCUT2D eigenvalue weighted by Gasteiger charge is 2.12. The third-order valence-electron chi connectivity index (χ3n) is 1.02. The van der Waals surface area contributed by atoms with E-state index in [4.69, 9.17) is 4.74 Å². The Kier molecular flexibility index (Phi) is 1.81. The van der Waals surface area contributed by atoms with Crippen LogP contribution in [0.5, 0.6) is 0 Å². The monoisotopic (exact) mass is 133 g/mol. The molecule has 0 aromatic heterocycles. The zero-order valence-corrected chi connectivity index (χ0v) is 5.62. The fraction of sp³-hybridized carbons (Fsp3) is 0.750. The van der Waals surface area contributed by atoms with Gasteiger partial charge in [-0.3, -0.25) is 4.79 Å². The molecule has 4 heteroatoms. The second-order valence-electron chi connectivity index (χ2n) is 1.64. The number of morpholine rings is 1. The first kappa shape index (κ1) is 5.99. The lowest BCUT2D eigenvalue weighted by molar-refractivity contribution is -0.135. The molecular formula is C4H8NO2P. The van der Waals surface area contributed by atoms with E-state index in [1.807, 2.05) is 0 Å². The Labute approximate surface area is 50.2 Å². The maximum absolute atomic E-state index is 10.6. The second-order valence-corrected chi connectivity index (χ2v) is 2.26. The first-order valence-electron chi connectivity index (χ1n) is 2.43. The van der Waals surface area contributed by atoms with Gasteiger partial charge in [0.2, 0.25) is 0 Å². The maximum atomic E-state index is 10.6. The van der Waals surface area contributed by atoms with Crippen LogP contribution in [0, 0.1) is 0 Å². The van der Waals surface area contributed by atoms with Gasteiger partial charge >= 0.3 is 0 Å². The zero-order chi connectivity index (χ0) is 5.98. The Hall–Kier alpha value is -0.140. The van der Waals surface area contributed by atoms with E-state index in [1.54, 1.807) is 4.67 Å².